The van der Waals surface area contributed by atoms with Gasteiger partial charge in [-0.1, -0.05) is 0 Å². The van der Waals surface area contributed by atoms with Crippen molar-refractivity contribution in [3.63, 3.8) is 0 Å². The van der Waals surface area contributed by atoms with Gasteiger partial charge in [0.2, 0.25) is 0 Å². The van der Waals surface area contributed by atoms with Crippen LogP contribution in [-0.2, 0) is 4.74 Å². The second-order valence-corrected chi connectivity index (χ2v) is 7.34. The maximum atomic E-state index is 13.4. The Hall–Kier alpha value is -2.59. The van der Waals surface area contributed by atoms with E-state index in [2.05, 4.69) is 10.3 Å². The topological polar surface area (TPSA) is 97.6 Å². The molecule has 11 heteroatoms. The van der Waals surface area contributed by atoms with Crippen LogP contribution in [0.5, 0.6) is 0 Å². The van der Waals surface area contributed by atoms with Crippen LogP contribution in [0.3, 0.4) is 0 Å². The molecule has 2 atom stereocenters. The number of ether oxygens (including phenoxy) is 1. The van der Waals surface area contributed by atoms with Crippen molar-refractivity contribution in [1.29, 1.82) is 0 Å². The van der Waals surface area contributed by atoms with Gasteiger partial charge in [-0.3, -0.25) is 15.1 Å². The number of hydrogen-bond donors (Lipinski definition) is 1. The van der Waals surface area contributed by atoms with Crippen molar-refractivity contribution in [1.82, 2.24) is 10.3 Å². The molecule has 0 aliphatic carbocycles. The molecule has 2 heterocycles. The summed E-state index contributed by atoms with van der Waals surface area (Å²) in [5.74, 6) is -1.75. The van der Waals surface area contributed by atoms with Crippen LogP contribution < -0.4 is 10.2 Å². The molecule has 0 spiro atoms. The Morgan fingerprint density at radius 2 is 2.04 bits per heavy atom. The summed E-state index contributed by atoms with van der Waals surface area (Å²) in [5, 5.41) is 13.6. The van der Waals surface area contributed by atoms with Crippen LogP contribution >= 0.6 is 0 Å². The third kappa shape index (κ3) is 5.69. The van der Waals surface area contributed by atoms with Gasteiger partial charge in [0.1, 0.15) is 17.5 Å². The summed E-state index contributed by atoms with van der Waals surface area (Å²) in [6.45, 7) is 4.45. The fourth-order valence-corrected chi connectivity index (χ4v) is 2.90. The zero-order valence-electron chi connectivity index (χ0n) is 15.1. The van der Waals surface area contributed by atoms with Crippen LogP contribution in [0.25, 0.3) is 0 Å². The summed E-state index contributed by atoms with van der Waals surface area (Å²) in [4.78, 5) is 27.3. The van der Waals surface area contributed by atoms with Crippen LogP contribution in [0.15, 0.2) is 18.5 Å². The van der Waals surface area contributed by atoms with Gasteiger partial charge in [0.25, 0.3) is 0 Å². The largest absolute Gasteiger partial charge is 0.444 e. The third-order valence-corrected chi connectivity index (χ3v) is 3.95. The number of alkyl carbamates (subject to hydrolysis) is 1. The molecule has 0 bridgehead atoms. The van der Waals surface area contributed by atoms with Gasteiger partial charge in [0.05, 0.1) is 16.9 Å². The van der Waals surface area contributed by atoms with Crippen molar-refractivity contribution in [3.05, 3.63) is 28.6 Å². The van der Waals surface area contributed by atoms with Crippen LogP contribution in [0.1, 0.15) is 27.2 Å². The molecule has 0 radical (unpaired) electrons. The van der Waals surface area contributed by atoms with Crippen molar-refractivity contribution in [2.24, 2.45) is 5.92 Å². The Morgan fingerprint density at radius 1 is 1.37 bits per heavy atom. The lowest BCUT2D eigenvalue weighted by Crippen LogP contribution is -2.54. The minimum absolute atomic E-state index is 0.0172. The van der Waals surface area contributed by atoms with E-state index in [9.17, 15) is 28.1 Å². The van der Waals surface area contributed by atoms with Gasteiger partial charge in [-0.2, -0.15) is 13.2 Å². The lowest BCUT2D eigenvalue weighted by atomic mass is 9.93. The van der Waals surface area contributed by atoms with Crippen molar-refractivity contribution in [3.8, 4) is 0 Å². The molecule has 1 unspecified atom stereocenters. The second-order valence-electron chi connectivity index (χ2n) is 7.34. The van der Waals surface area contributed by atoms with Crippen molar-refractivity contribution < 1.29 is 27.6 Å². The number of nitro groups is 1. The molecule has 150 valence electrons. The molecule has 1 aliphatic heterocycles. The number of pyridine rings is 1. The molecular formula is C16H21F3N4O4. The zero-order chi connectivity index (χ0) is 20.4. The summed E-state index contributed by atoms with van der Waals surface area (Å²) in [5.41, 5.74) is -1.16. The van der Waals surface area contributed by atoms with E-state index < -0.39 is 47.0 Å². The minimum atomic E-state index is -4.51. The summed E-state index contributed by atoms with van der Waals surface area (Å²) in [6, 6.07) is 0.412. The maximum Gasteiger partial charge on any atom is 0.407 e. The summed E-state index contributed by atoms with van der Waals surface area (Å²) in [6.07, 6.45) is -3.41. The molecule has 0 saturated carbocycles. The molecule has 27 heavy (non-hydrogen) atoms. The van der Waals surface area contributed by atoms with Gasteiger partial charge >= 0.3 is 18.0 Å². The second kappa shape index (κ2) is 7.57. The van der Waals surface area contributed by atoms with E-state index in [1.807, 2.05) is 0 Å². The molecular weight excluding hydrogens is 369 g/mol. The van der Waals surface area contributed by atoms with Gasteiger partial charge < -0.3 is 15.0 Å². The van der Waals surface area contributed by atoms with Gasteiger partial charge in [0.15, 0.2) is 0 Å². The Labute approximate surface area is 153 Å². The van der Waals surface area contributed by atoms with E-state index in [0.717, 1.165) is 6.20 Å². The number of aromatic nitrogens is 1. The van der Waals surface area contributed by atoms with Gasteiger partial charge in [0, 0.05) is 19.3 Å². The molecule has 1 amide bonds. The SMILES string of the molecule is CC(C)(C)OC(=O)N[C@H]1CC(C(F)(F)F)CN(c2ccncc2[N+](=O)[O-])C1. The average molecular weight is 390 g/mol. The average Bonchev–Trinajstić information content (AvgIpc) is 2.51. The molecule has 1 fully saturated rings. The number of alkyl halides is 3. The van der Waals surface area contributed by atoms with Crippen LogP contribution in [0.2, 0.25) is 0 Å². The highest BCUT2D eigenvalue weighted by atomic mass is 19.4. The molecule has 8 nitrogen and oxygen atoms in total. The standard InChI is InChI=1S/C16H21F3N4O4/c1-15(2,3)27-14(24)21-11-6-10(16(17,18)19)8-22(9-11)12-4-5-20-7-13(12)23(25)26/h4-5,7,10-11H,6,8-9H2,1-3H3,(H,21,24)/t10?,11-/m0/s1. The van der Waals surface area contributed by atoms with Crippen LogP contribution in [0, 0.1) is 16.0 Å². The number of carbonyl (C=O) groups is 1. The number of amides is 1. The fraction of sp³-hybridized carbons (Fsp3) is 0.625. The molecule has 1 N–H and O–H groups in total. The predicted molar refractivity (Wildman–Crippen MR) is 90.4 cm³/mol. The minimum Gasteiger partial charge on any atom is -0.444 e. The van der Waals surface area contributed by atoms with Crippen molar-refractivity contribution >= 4 is 17.5 Å². The number of nitrogens with one attached hydrogen (secondary N) is 1. The summed E-state index contributed by atoms with van der Waals surface area (Å²) < 4.78 is 45.2. The maximum absolute atomic E-state index is 13.4. The van der Waals surface area contributed by atoms with Gasteiger partial charge in [-0.15, -0.1) is 0 Å². The quantitative estimate of drug-likeness (QED) is 0.628. The van der Waals surface area contributed by atoms with E-state index >= 15 is 0 Å². The highest BCUT2D eigenvalue weighted by molar-refractivity contribution is 5.68. The Balaban J connectivity index is 2.26. The number of hydrogen-bond acceptors (Lipinski definition) is 6. The normalized spacial score (nSPS) is 20.9. The van der Waals surface area contributed by atoms with E-state index in [0.29, 0.717) is 0 Å². The number of piperidine rings is 1. The first kappa shape index (κ1) is 20.7. The number of halogens is 3. The monoisotopic (exact) mass is 390 g/mol. The number of rotatable bonds is 3. The number of nitrogens with zero attached hydrogens (tertiary/aromatic N) is 3. The van der Waals surface area contributed by atoms with Crippen LogP contribution in [0.4, 0.5) is 29.3 Å². The van der Waals surface area contributed by atoms with Gasteiger partial charge in [-0.25, -0.2) is 4.79 Å². The smallest absolute Gasteiger partial charge is 0.407 e. The van der Waals surface area contributed by atoms with Crippen LogP contribution in [-0.4, -0.2) is 46.9 Å². The number of anilines is 1. The molecule has 0 aromatic carbocycles. The molecule has 1 aromatic heterocycles. The highest BCUT2D eigenvalue weighted by Crippen LogP contribution is 2.37. The first-order valence-corrected chi connectivity index (χ1v) is 8.26. The van der Waals surface area contributed by atoms with Gasteiger partial charge in [-0.05, 0) is 33.3 Å². The fourth-order valence-electron chi connectivity index (χ4n) is 2.90. The Kier molecular flexibility index (Phi) is 5.81. The Morgan fingerprint density at radius 3 is 2.59 bits per heavy atom. The van der Waals surface area contributed by atoms with E-state index in [-0.39, 0.29) is 18.7 Å². The van der Waals surface area contributed by atoms with E-state index in [1.165, 1.54) is 17.2 Å². The number of carbonyl (C=O) groups excluding carboxylic acids is 1. The van der Waals surface area contributed by atoms with Crippen molar-refractivity contribution in [2.45, 2.75) is 45.0 Å². The Bertz CT molecular complexity index is 706. The summed E-state index contributed by atoms with van der Waals surface area (Å²) >= 11 is 0. The highest BCUT2D eigenvalue weighted by Gasteiger charge is 2.45. The lowest BCUT2D eigenvalue weighted by molar-refractivity contribution is -0.384. The molecule has 1 aromatic rings. The molecule has 2 rings (SSSR count). The lowest BCUT2D eigenvalue weighted by Gasteiger charge is -2.39. The van der Waals surface area contributed by atoms with Crippen molar-refractivity contribution in [2.75, 3.05) is 18.0 Å². The zero-order valence-corrected chi connectivity index (χ0v) is 15.1. The summed E-state index contributed by atoms with van der Waals surface area (Å²) in [7, 11) is 0. The van der Waals surface area contributed by atoms with E-state index in [1.54, 1.807) is 20.8 Å². The molecule has 1 aliphatic rings. The first-order chi connectivity index (χ1) is 12.4. The molecule has 1 saturated heterocycles. The predicted octanol–water partition coefficient (Wildman–Crippen LogP) is 3.27. The third-order valence-electron chi connectivity index (χ3n) is 3.95. The van der Waals surface area contributed by atoms with E-state index in [4.69, 9.17) is 4.74 Å². The first-order valence-electron chi connectivity index (χ1n) is 8.26.